The van der Waals surface area contributed by atoms with E-state index in [9.17, 15) is 18.0 Å². The highest BCUT2D eigenvalue weighted by atomic mass is 19.4. The van der Waals surface area contributed by atoms with Gasteiger partial charge in [0.15, 0.2) is 0 Å². The van der Waals surface area contributed by atoms with Crippen molar-refractivity contribution in [3.8, 4) is 0 Å². The maximum absolute atomic E-state index is 12.5. The molecule has 0 radical (unpaired) electrons. The van der Waals surface area contributed by atoms with Crippen molar-refractivity contribution in [3.63, 3.8) is 0 Å². The first-order valence-corrected chi connectivity index (χ1v) is 6.09. The SMILES string of the molecule is Cc1noc(C)c1C(=O)N1CCC(C(F)(F)F)CC1. The molecule has 1 fully saturated rings. The molecule has 0 spiro atoms. The summed E-state index contributed by atoms with van der Waals surface area (Å²) in [6, 6.07) is 0. The number of aromatic nitrogens is 1. The van der Waals surface area contributed by atoms with Crippen LogP contribution in [-0.4, -0.2) is 35.2 Å². The van der Waals surface area contributed by atoms with E-state index < -0.39 is 12.1 Å². The first kappa shape index (κ1) is 13.9. The molecule has 1 saturated heterocycles. The van der Waals surface area contributed by atoms with Crippen LogP contribution in [0, 0.1) is 19.8 Å². The van der Waals surface area contributed by atoms with E-state index in [-0.39, 0.29) is 31.8 Å². The Morgan fingerprint density at radius 2 is 1.89 bits per heavy atom. The first-order chi connectivity index (χ1) is 8.80. The van der Waals surface area contributed by atoms with Crippen LogP contribution in [0.5, 0.6) is 0 Å². The molecule has 1 aromatic heterocycles. The highest BCUT2D eigenvalue weighted by Gasteiger charge is 2.42. The largest absolute Gasteiger partial charge is 0.391 e. The van der Waals surface area contributed by atoms with E-state index in [1.165, 1.54) is 4.90 Å². The van der Waals surface area contributed by atoms with Crippen LogP contribution in [0.3, 0.4) is 0 Å². The molecule has 1 aliphatic rings. The highest BCUT2D eigenvalue weighted by Crippen LogP contribution is 2.34. The lowest BCUT2D eigenvalue weighted by atomic mass is 9.95. The lowest BCUT2D eigenvalue weighted by molar-refractivity contribution is -0.183. The number of halogens is 3. The van der Waals surface area contributed by atoms with E-state index in [2.05, 4.69) is 5.16 Å². The fourth-order valence-electron chi connectivity index (χ4n) is 2.36. The molecule has 2 rings (SSSR count). The number of carbonyl (C=O) groups is 1. The van der Waals surface area contributed by atoms with Gasteiger partial charge in [-0.3, -0.25) is 4.79 Å². The third-order valence-electron chi connectivity index (χ3n) is 3.49. The van der Waals surface area contributed by atoms with Crippen molar-refractivity contribution >= 4 is 5.91 Å². The molecular weight excluding hydrogens is 261 g/mol. The van der Waals surface area contributed by atoms with Crippen LogP contribution in [0.2, 0.25) is 0 Å². The molecule has 106 valence electrons. The number of piperidine rings is 1. The van der Waals surface area contributed by atoms with Crippen LogP contribution in [0.15, 0.2) is 4.52 Å². The molecule has 0 bridgehead atoms. The fraction of sp³-hybridized carbons (Fsp3) is 0.667. The number of likely N-dealkylation sites (tertiary alicyclic amines) is 1. The molecule has 2 heterocycles. The van der Waals surface area contributed by atoms with Crippen LogP contribution in [0.25, 0.3) is 0 Å². The van der Waals surface area contributed by atoms with Crippen LogP contribution in [-0.2, 0) is 0 Å². The second-order valence-corrected chi connectivity index (χ2v) is 4.81. The fourth-order valence-corrected chi connectivity index (χ4v) is 2.36. The summed E-state index contributed by atoms with van der Waals surface area (Å²) in [7, 11) is 0. The van der Waals surface area contributed by atoms with Crippen molar-refractivity contribution in [1.29, 1.82) is 0 Å². The maximum Gasteiger partial charge on any atom is 0.391 e. The van der Waals surface area contributed by atoms with Gasteiger partial charge in [-0.05, 0) is 26.7 Å². The van der Waals surface area contributed by atoms with E-state index in [4.69, 9.17) is 4.52 Å². The Bertz CT molecular complexity index is 454. The van der Waals surface area contributed by atoms with E-state index in [1.807, 2.05) is 0 Å². The minimum atomic E-state index is -4.17. The third-order valence-corrected chi connectivity index (χ3v) is 3.49. The topological polar surface area (TPSA) is 46.3 Å². The van der Waals surface area contributed by atoms with Gasteiger partial charge in [-0.1, -0.05) is 5.16 Å². The van der Waals surface area contributed by atoms with Gasteiger partial charge in [-0.25, -0.2) is 0 Å². The van der Waals surface area contributed by atoms with Crippen LogP contribution < -0.4 is 0 Å². The van der Waals surface area contributed by atoms with Crippen LogP contribution in [0.1, 0.15) is 34.7 Å². The van der Waals surface area contributed by atoms with Gasteiger partial charge in [0.25, 0.3) is 5.91 Å². The minimum Gasteiger partial charge on any atom is -0.361 e. The molecule has 0 aromatic carbocycles. The Labute approximate surface area is 108 Å². The highest BCUT2D eigenvalue weighted by molar-refractivity contribution is 5.96. The molecule has 1 aliphatic heterocycles. The summed E-state index contributed by atoms with van der Waals surface area (Å²) in [4.78, 5) is 13.6. The lowest BCUT2D eigenvalue weighted by Crippen LogP contribution is -2.42. The number of nitrogens with zero attached hydrogens (tertiary/aromatic N) is 2. The van der Waals surface area contributed by atoms with Gasteiger partial charge in [-0.15, -0.1) is 0 Å². The lowest BCUT2D eigenvalue weighted by Gasteiger charge is -2.32. The third kappa shape index (κ3) is 2.74. The number of amides is 1. The Morgan fingerprint density at radius 1 is 1.32 bits per heavy atom. The zero-order valence-corrected chi connectivity index (χ0v) is 10.8. The van der Waals surface area contributed by atoms with Gasteiger partial charge in [0.05, 0.1) is 11.6 Å². The zero-order valence-electron chi connectivity index (χ0n) is 10.8. The van der Waals surface area contributed by atoms with Gasteiger partial charge in [0, 0.05) is 13.1 Å². The summed E-state index contributed by atoms with van der Waals surface area (Å²) >= 11 is 0. The Hall–Kier alpha value is -1.53. The molecule has 0 unspecified atom stereocenters. The second kappa shape index (κ2) is 4.86. The van der Waals surface area contributed by atoms with Crippen molar-refractivity contribution < 1.29 is 22.5 Å². The van der Waals surface area contributed by atoms with Crippen molar-refractivity contribution in [1.82, 2.24) is 10.1 Å². The van der Waals surface area contributed by atoms with Gasteiger partial charge in [0.2, 0.25) is 0 Å². The van der Waals surface area contributed by atoms with Gasteiger partial charge < -0.3 is 9.42 Å². The Morgan fingerprint density at radius 3 is 2.32 bits per heavy atom. The number of rotatable bonds is 1. The normalized spacial score (nSPS) is 17.8. The summed E-state index contributed by atoms with van der Waals surface area (Å²) in [6.07, 6.45) is -4.25. The number of carbonyl (C=O) groups excluding carboxylic acids is 1. The van der Waals surface area contributed by atoms with Crippen molar-refractivity contribution in [2.24, 2.45) is 5.92 Å². The van der Waals surface area contributed by atoms with Gasteiger partial charge >= 0.3 is 6.18 Å². The van der Waals surface area contributed by atoms with E-state index >= 15 is 0 Å². The quantitative estimate of drug-likeness (QED) is 0.792. The summed E-state index contributed by atoms with van der Waals surface area (Å²) in [5.41, 5.74) is 0.839. The zero-order chi connectivity index (χ0) is 14.2. The predicted octanol–water partition coefficient (Wildman–Crippen LogP) is 2.71. The predicted molar refractivity (Wildman–Crippen MR) is 60.7 cm³/mol. The van der Waals surface area contributed by atoms with Gasteiger partial charge in [0.1, 0.15) is 11.3 Å². The van der Waals surface area contributed by atoms with E-state index in [0.29, 0.717) is 17.0 Å². The van der Waals surface area contributed by atoms with Crippen molar-refractivity contribution in [3.05, 3.63) is 17.0 Å². The Kier molecular flexibility index (Phi) is 3.56. The molecule has 19 heavy (non-hydrogen) atoms. The molecule has 0 N–H and O–H groups in total. The van der Waals surface area contributed by atoms with Crippen molar-refractivity contribution in [2.45, 2.75) is 32.9 Å². The van der Waals surface area contributed by atoms with Crippen molar-refractivity contribution in [2.75, 3.05) is 13.1 Å². The van der Waals surface area contributed by atoms with Crippen LogP contribution >= 0.6 is 0 Å². The maximum atomic E-state index is 12.5. The Balaban J connectivity index is 2.04. The summed E-state index contributed by atoms with van der Waals surface area (Å²) < 4.78 is 42.5. The summed E-state index contributed by atoms with van der Waals surface area (Å²) in [5, 5.41) is 3.68. The molecule has 7 heteroatoms. The number of aryl methyl sites for hydroxylation is 2. The standard InChI is InChI=1S/C12H15F3N2O2/c1-7-10(8(2)19-16-7)11(18)17-5-3-9(4-6-17)12(13,14)15/h9H,3-6H2,1-2H3. The molecule has 4 nitrogen and oxygen atoms in total. The average molecular weight is 276 g/mol. The first-order valence-electron chi connectivity index (χ1n) is 6.09. The molecule has 0 aliphatic carbocycles. The monoisotopic (exact) mass is 276 g/mol. The number of hydrogen-bond acceptors (Lipinski definition) is 3. The van der Waals surface area contributed by atoms with E-state index in [1.54, 1.807) is 13.8 Å². The number of alkyl halides is 3. The number of hydrogen-bond donors (Lipinski definition) is 0. The summed E-state index contributed by atoms with van der Waals surface area (Å²) in [5.74, 6) is -1.20. The molecule has 1 amide bonds. The summed E-state index contributed by atoms with van der Waals surface area (Å²) in [6.45, 7) is 3.50. The smallest absolute Gasteiger partial charge is 0.361 e. The molecule has 0 saturated carbocycles. The second-order valence-electron chi connectivity index (χ2n) is 4.81. The van der Waals surface area contributed by atoms with Crippen LogP contribution in [0.4, 0.5) is 13.2 Å². The minimum absolute atomic E-state index is 0.0430. The molecular formula is C12H15F3N2O2. The molecule has 0 atom stereocenters. The molecule has 1 aromatic rings. The van der Waals surface area contributed by atoms with Gasteiger partial charge in [-0.2, -0.15) is 13.2 Å². The van der Waals surface area contributed by atoms with E-state index in [0.717, 1.165) is 0 Å². The average Bonchev–Trinajstić information content (AvgIpc) is 2.67.